The third kappa shape index (κ3) is 8.84. The molecule has 1 unspecified atom stereocenters. The van der Waals surface area contributed by atoms with E-state index in [1.54, 1.807) is 29.2 Å². The van der Waals surface area contributed by atoms with Crippen LogP contribution in [0.2, 0.25) is 0 Å². The summed E-state index contributed by atoms with van der Waals surface area (Å²) < 4.78 is 11.1. The minimum Gasteiger partial charge on any atom is -0.494 e. The molecule has 0 radical (unpaired) electrons. The van der Waals surface area contributed by atoms with E-state index in [1.165, 1.54) is 0 Å². The minimum absolute atomic E-state index is 0.0268. The summed E-state index contributed by atoms with van der Waals surface area (Å²) in [4.78, 5) is 40.6. The summed E-state index contributed by atoms with van der Waals surface area (Å²) in [7, 11) is 5.31. The number of fused-ring (bicyclic) bond motifs is 1. The van der Waals surface area contributed by atoms with Crippen molar-refractivity contribution in [3.8, 4) is 0 Å². The highest BCUT2D eigenvalue weighted by atomic mass is 16.6. The highest BCUT2D eigenvalue weighted by Crippen LogP contribution is 2.35. The van der Waals surface area contributed by atoms with Crippen molar-refractivity contribution < 1.29 is 19.1 Å². The van der Waals surface area contributed by atoms with Gasteiger partial charge >= 0.3 is 12.1 Å². The molecule has 2 aliphatic heterocycles. The second-order valence-corrected chi connectivity index (χ2v) is 11.6. The molecule has 1 aliphatic carbocycles. The quantitative estimate of drug-likeness (QED) is 0.464. The van der Waals surface area contributed by atoms with Crippen LogP contribution in [0.4, 0.5) is 21.1 Å². The van der Waals surface area contributed by atoms with E-state index in [2.05, 4.69) is 27.1 Å². The van der Waals surface area contributed by atoms with Crippen molar-refractivity contribution in [2.75, 3.05) is 57.2 Å². The number of aromatic nitrogens is 1. The summed E-state index contributed by atoms with van der Waals surface area (Å²) in [5.74, 6) is 1.11. The van der Waals surface area contributed by atoms with E-state index >= 15 is 0 Å². The highest BCUT2D eigenvalue weighted by molar-refractivity contribution is 6.15. The van der Waals surface area contributed by atoms with Crippen LogP contribution in [0.15, 0.2) is 52.0 Å². The summed E-state index contributed by atoms with van der Waals surface area (Å²) in [6.07, 6.45) is 6.49. The van der Waals surface area contributed by atoms with Gasteiger partial charge in [0.25, 0.3) is 0 Å². The van der Waals surface area contributed by atoms with Crippen molar-refractivity contribution in [3.05, 3.63) is 52.6 Å². The third-order valence-corrected chi connectivity index (χ3v) is 7.23. The lowest BCUT2D eigenvalue weighted by Gasteiger charge is -2.41. The van der Waals surface area contributed by atoms with E-state index in [1.807, 2.05) is 74.7 Å². The van der Waals surface area contributed by atoms with Gasteiger partial charge in [0.2, 0.25) is 0 Å². The number of ether oxygens (including phenoxy) is 2. The lowest BCUT2D eigenvalue weighted by Crippen LogP contribution is -2.55. The summed E-state index contributed by atoms with van der Waals surface area (Å²) in [6, 6.07) is 1.54. The Balaban J connectivity index is 0.00000127. The number of nitrogens with one attached hydrogen (secondary N) is 1. The van der Waals surface area contributed by atoms with Crippen molar-refractivity contribution >= 4 is 29.3 Å². The number of carbonyl (C=O) groups excluding carboxylic acids is 2. The van der Waals surface area contributed by atoms with Crippen LogP contribution in [0.25, 0.3) is 0 Å². The Morgan fingerprint density at radius 1 is 1.16 bits per heavy atom. The number of nitrogens with two attached hydrogens (primary N) is 1. The molecular weight excluding hydrogens is 558 g/mol. The van der Waals surface area contributed by atoms with Gasteiger partial charge in [-0.1, -0.05) is 26.3 Å². The number of methoxy groups -OCH3 is 1. The van der Waals surface area contributed by atoms with E-state index in [0.29, 0.717) is 55.6 Å². The fraction of sp³-hybridized carbons (Fsp3) is 0.576. The molecule has 11 heteroatoms. The van der Waals surface area contributed by atoms with Crippen LogP contribution < -0.4 is 20.9 Å². The molecule has 0 saturated carbocycles. The Kier molecular flexibility index (Phi) is 13.4. The number of hydrogen-bond donors (Lipinski definition) is 2. The van der Waals surface area contributed by atoms with E-state index in [9.17, 15) is 9.59 Å². The van der Waals surface area contributed by atoms with Gasteiger partial charge in [-0.05, 0) is 79.8 Å². The molecule has 1 atom stereocenters. The predicted molar refractivity (Wildman–Crippen MR) is 179 cm³/mol. The molecule has 44 heavy (non-hydrogen) atoms. The first kappa shape index (κ1) is 36.3. The fourth-order valence-electron chi connectivity index (χ4n) is 5.08. The molecule has 244 valence electrons. The number of piperazine rings is 1. The zero-order valence-corrected chi connectivity index (χ0v) is 28.6. The summed E-state index contributed by atoms with van der Waals surface area (Å²) in [5.41, 5.74) is 10.8. The van der Waals surface area contributed by atoms with Gasteiger partial charge in [0.15, 0.2) is 0 Å². The number of aliphatic imine (C=N–C) groups is 1. The van der Waals surface area contributed by atoms with Crippen molar-refractivity contribution in [1.29, 1.82) is 0 Å². The second kappa shape index (κ2) is 16.3. The van der Waals surface area contributed by atoms with Gasteiger partial charge in [-0.2, -0.15) is 4.99 Å². The number of carbonyl (C=O) groups is 2. The van der Waals surface area contributed by atoms with Gasteiger partial charge in [0.05, 0.1) is 7.11 Å². The first-order valence-electron chi connectivity index (χ1n) is 15.5. The topological polar surface area (TPSA) is 126 Å². The first-order chi connectivity index (χ1) is 20.8. The van der Waals surface area contributed by atoms with Crippen LogP contribution in [-0.4, -0.2) is 86.7 Å². The number of allylic oxidation sites excluding steroid dienone is 3. The Labute approximate surface area is 263 Å². The largest absolute Gasteiger partial charge is 0.494 e. The molecule has 1 aromatic rings. The summed E-state index contributed by atoms with van der Waals surface area (Å²) in [6.45, 7) is 18.1. The fourth-order valence-corrected chi connectivity index (χ4v) is 5.08. The van der Waals surface area contributed by atoms with E-state index in [0.717, 1.165) is 28.8 Å². The molecule has 3 aliphatic rings. The van der Waals surface area contributed by atoms with Crippen molar-refractivity contribution in [1.82, 2.24) is 15.2 Å². The SMILES string of the molecule is CC.CCC(C)=C1C=C(OC)/C(=N/C(=O)N2CCc3c(N4CCN(C(=O)OC(C)(C)C)C(C)C4)ccnc32)C=C1N.CNC. The molecule has 1 saturated heterocycles. The van der Waals surface area contributed by atoms with Gasteiger partial charge in [-0.3, -0.25) is 4.90 Å². The Morgan fingerprint density at radius 3 is 2.39 bits per heavy atom. The molecule has 0 aromatic carbocycles. The molecular formula is C33H53N7O4. The smallest absolute Gasteiger partial charge is 0.410 e. The van der Waals surface area contributed by atoms with Crippen LogP contribution in [-0.2, 0) is 15.9 Å². The van der Waals surface area contributed by atoms with Crippen LogP contribution in [0.3, 0.4) is 0 Å². The monoisotopic (exact) mass is 611 g/mol. The maximum Gasteiger partial charge on any atom is 0.410 e. The number of anilines is 2. The van der Waals surface area contributed by atoms with Gasteiger partial charge in [-0.15, -0.1) is 0 Å². The number of amides is 3. The third-order valence-electron chi connectivity index (χ3n) is 7.23. The molecule has 3 N–H and O–H groups in total. The average Bonchev–Trinajstić information content (AvgIpc) is 3.42. The van der Waals surface area contributed by atoms with Gasteiger partial charge in [-0.25, -0.2) is 14.6 Å². The maximum absolute atomic E-state index is 13.3. The van der Waals surface area contributed by atoms with Crippen LogP contribution in [0, 0.1) is 0 Å². The molecule has 11 nitrogen and oxygen atoms in total. The number of nitrogens with zero attached hydrogens (tertiary/aromatic N) is 5. The Morgan fingerprint density at radius 2 is 1.82 bits per heavy atom. The van der Waals surface area contributed by atoms with E-state index in [-0.39, 0.29) is 12.1 Å². The van der Waals surface area contributed by atoms with Gasteiger partial charge in [0.1, 0.15) is 22.9 Å². The lowest BCUT2D eigenvalue weighted by atomic mass is 9.97. The molecule has 1 fully saturated rings. The van der Waals surface area contributed by atoms with Crippen molar-refractivity contribution in [3.63, 3.8) is 0 Å². The molecule has 3 amide bonds. The lowest BCUT2D eigenvalue weighted by molar-refractivity contribution is 0.0159. The normalized spacial score (nSPS) is 19.9. The zero-order valence-electron chi connectivity index (χ0n) is 28.6. The maximum atomic E-state index is 13.3. The van der Waals surface area contributed by atoms with E-state index < -0.39 is 11.6 Å². The average molecular weight is 612 g/mol. The molecule has 4 rings (SSSR count). The highest BCUT2D eigenvalue weighted by Gasteiger charge is 2.34. The van der Waals surface area contributed by atoms with Crippen LogP contribution >= 0.6 is 0 Å². The Bertz CT molecular complexity index is 1290. The van der Waals surface area contributed by atoms with Gasteiger partial charge < -0.3 is 30.3 Å². The number of hydrogen-bond acceptors (Lipinski definition) is 8. The van der Waals surface area contributed by atoms with Crippen molar-refractivity contribution in [2.45, 2.75) is 79.9 Å². The molecule has 1 aromatic heterocycles. The van der Waals surface area contributed by atoms with Crippen molar-refractivity contribution in [2.24, 2.45) is 10.7 Å². The molecule has 0 bridgehead atoms. The number of pyridine rings is 1. The van der Waals surface area contributed by atoms with E-state index in [4.69, 9.17) is 15.2 Å². The standard InChI is InChI=1S/C29H40N6O4.C2H7N.C2H6/c1-8-18(2)21-15-25(38-7)23(16-22(21)30)32-27(36)35-12-10-20-24(9-11-31-26(20)35)33-13-14-34(19(3)17-33)28(37)39-29(4,5)6;1-3-2;1-2/h9,11,15-16,19H,8,10,12-14,17,30H2,1-7H3;3H,1-2H3;1-2H3/b21-18?,32-23+;;. The number of rotatable bonds is 3. The summed E-state index contributed by atoms with van der Waals surface area (Å²) in [5, 5.41) is 2.75. The second-order valence-electron chi connectivity index (χ2n) is 11.6. The first-order valence-corrected chi connectivity index (χ1v) is 15.5. The minimum atomic E-state index is -0.536. The van der Waals surface area contributed by atoms with Crippen LogP contribution in [0.5, 0.6) is 0 Å². The predicted octanol–water partition coefficient (Wildman–Crippen LogP) is 5.43. The zero-order chi connectivity index (χ0) is 33.2. The molecule has 3 heterocycles. The van der Waals surface area contributed by atoms with Crippen LogP contribution in [0.1, 0.15) is 67.4 Å². The molecule has 0 spiro atoms. The number of urea groups is 1. The Hall–Kier alpha value is -3.86. The van der Waals surface area contributed by atoms with Gasteiger partial charge in [0, 0.05) is 60.9 Å². The summed E-state index contributed by atoms with van der Waals surface area (Å²) >= 11 is 0.